The maximum atomic E-state index is 12.2. The van der Waals surface area contributed by atoms with E-state index in [1.54, 1.807) is 18.3 Å². The molecule has 0 saturated heterocycles. The third kappa shape index (κ3) is 3.30. The molecule has 22 heavy (non-hydrogen) atoms. The summed E-state index contributed by atoms with van der Waals surface area (Å²) < 4.78 is 0.369. The fourth-order valence-corrected chi connectivity index (χ4v) is 2.55. The van der Waals surface area contributed by atoms with Crippen molar-refractivity contribution in [1.82, 2.24) is 20.5 Å². The molecule has 0 atom stereocenters. The Balaban J connectivity index is 2.25. The molecule has 3 N–H and O–H groups in total. The molecule has 0 aliphatic carbocycles. The SMILES string of the molecule is CCc1n[nH]c(=O)c(CNC(=O)c2ccc[nH]c2=S)c1CC. The second-order valence-electron chi connectivity index (χ2n) is 4.76. The summed E-state index contributed by atoms with van der Waals surface area (Å²) in [7, 11) is 0. The van der Waals surface area contributed by atoms with Gasteiger partial charge in [0.25, 0.3) is 11.5 Å². The predicted octanol–water partition coefficient (Wildman–Crippen LogP) is 1.88. The van der Waals surface area contributed by atoms with Gasteiger partial charge in [-0.1, -0.05) is 26.1 Å². The van der Waals surface area contributed by atoms with E-state index in [-0.39, 0.29) is 18.0 Å². The molecule has 0 aliphatic rings. The highest BCUT2D eigenvalue weighted by atomic mass is 32.1. The van der Waals surface area contributed by atoms with Crippen molar-refractivity contribution >= 4 is 18.1 Å². The topological polar surface area (TPSA) is 90.6 Å². The van der Waals surface area contributed by atoms with Crippen molar-refractivity contribution < 1.29 is 4.79 Å². The maximum Gasteiger partial charge on any atom is 0.269 e. The zero-order valence-corrected chi connectivity index (χ0v) is 13.3. The molecule has 0 radical (unpaired) electrons. The summed E-state index contributed by atoms with van der Waals surface area (Å²) in [6.45, 7) is 4.09. The van der Waals surface area contributed by atoms with Gasteiger partial charge in [-0.25, -0.2) is 5.10 Å². The molecule has 0 bridgehead atoms. The number of carbonyl (C=O) groups excluding carboxylic acids is 1. The first kappa shape index (κ1) is 16.1. The van der Waals surface area contributed by atoms with Crippen molar-refractivity contribution in [3.8, 4) is 0 Å². The van der Waals surface area contributed by atoms with Gasteiger partial charge in [-0.05, 0) is 30.5 Å². The minimum atomic E-state index is -0.307. The van der Waals surface area contributed by atoms with Gasteiger partial charge in [-0.15, -0.1) is 0 Å². The number of amides is 1. The molecule has 2 aromatic rings. The number of carbonyl (C=O) groups is 1. The Kier molecular flexibility index (Phi) is 5.21. The van der Waals surface area contributed by atoms with Crippen LogP contribution in [0, 0.1) is 4.64 Å². The number of hydrogen-bond donors (Lipinski definition) is 3. The summed E-state index contributed by atoms with van der Waals surface area (Å²) in [4.78, 5) is 27.0. The zero-order chi connectivity index (χ0) is 16.1. The number of hydrogen-bond acceptors (Lipinski definition) is 4. The summed E-state index contributed by atoms with van der Waals surface area (Å²) in [5.74, 6) is -0.307. The van der Waals surface area contributed by atoms with Gasteiger partial charge in [0.1, 0.15) is 4.64 Å². The molecule has 0 fully saturated rings. The molecule has 1 amide bonds. The van der Waals surface area contributed by atoms with Crippen molar-refractivity contribution in [2.75, 3.05) is 0 Å². The molecule has 2 rings (SSSR count). The Morgan fingerprint density at radius 2 is 2.09 bits per heavy atom. The highest BCUT2D eigenvalue weighted by Crippen LogP contribution is 2.10. The summed E-state index contributed by atoms with van der Waals surface area (Å²) >= 11 is 5.08. The fraction of sp³-hybridized carbons (Fsp3) is 0.333. The lowest BCUT2D eigenvalue weighted by atomic mass is 10.0. The average Bonchev–Trinajstić information content (AvgIpc) is 2.53. The van der Waals surface area contributed by atoms with Gasteiger partial charge in [-0.3, -0.25) is 9.59 Å². The molecular formula is C15H18N4O2S. The fourth-order valence-electron chi connectivity index (χ4n) is 2.33. The van der Waals surface area contributed by atoms with Gasteiger partial charge >= 0.3 is 0 Å². The number of aromatic nitrogens is 3. The summed E-state index contributed by atoms with van der Waals surface area (Å²) in [5, 5.41) is 9.29. The molecular weight excluding hydrogens is 300 g/mol. The van der Waals surface area contributed by atoms with E-state index < -0.39 is 0 Å². The molecule has 0 aliphatic heterocycles. The Morgan fingerprint density at radius 3 is 2.73 bits per heavy atom. The molecule has 2 heterocycles. The van der Waals surface area contributed by atoms with Crippen molar-refractivity contribution in [3.63, 3.8) is 0 Å². The smallest absolute Gasteiger partial charge is 0.269 e. The van der Waals surface area contributed by atoms with Crippen molar-refractivity contribution in [3.05, 3.63) is 55.7 Å². The van der Waals surface area contributed by atoms with Crippen LogP contribution >= 0.6 is 12.2 Å². The summed E-state index contributed by atoms with van der Waals surface area (Å²) in [6.07, 6.45) is 3.08. The van der Waals surface area contributed by atoms with Gasteiger partial charge < -0.3 is 10.3 Å². The van der Waals surface area contributed by atoms with Crippen LogP contribution in [0.4, 0.5) is 0 Å². The van der Waals surface area contributed by atoms with E-state index in [0.717, 1.165) is 17.7 Å². The molecule has 0 spiro atoms. The van der Waals surface area contributed by atoms with Gasteiger partial charge in [-0.2, -0.15) is 5.10 Å². The number of aryl methyl sites for hydroxylation is 1. The van der Waals surface area contributed by atoms with Crippen molar-refractivity contribution in [2.24, 2.45) is 0 Å². The van der Waals surface area contributed by atoms with Crippen LogP contribution in [0.2, 0.25) is 0 Å². The Labute approximate surface area is 133 Å². The van der Waals surface area contributed by atoms with Gasteiger partial charge in [0.15, 0.2) is 0 Å². The van der Waals surface area contributed by atoms with E-state index in [0.29, 0.717) is 22.2 Å². The first-order valence-corrected chi connectivity index (χ1v) is 7.54. The standard InChI is InChI=1S/C15H18N4O2S/c1-3-9-11(14(21)19-18-12(9)4-2)8-17-13(20)10-6-5-7-16-15(10)22/h5-7H,3-4,8H2,1-2H3,(H,16,22)(H,17,20)(H,19,21). The molecule has 7 heteroatoms. The first-order chi connectivity index (χ1) is 10.6. The second kappa shape index (κ2) is 7.13. The minimum absolute atomic E-state index is 0.149. The number of rotatable bonds is 5. The van der Waals surface area contributed by atoms with Crippen LogP contribution in [0.3, 0.4) is 0 Å². The quantitative estimate of drug-likeness (QED) is 0.734. The third-order valence-corrected chi connectivity index (χ3v) is 3.79. The number of aromatic amines is 2. The van der Waals surface area contributed by atoms with Gasteiger partial charge in [0.05, 0.1) is 11.3 Å². The van der Waals surface area contributed by atoms with E-state index in [1.807, 2.05) is 13.8 Å². The van der Waals surface area contributed by atoms with Crippen molar-refractivity contribution in [2.45, 2.75) is 33.2 Å². The Bertz CT molecular complexity index is 795. The van der Waals surface area contributed by atoms with Crippen LogP contribution in [-0.4, -0.2) is 21.1 Å². The molecule has 6 nitrogen and oxygen atoms in total. The predicted molar refractivity (Wildman–Crippen MR) is 86.4 cm³/mol. The van der Waals surface area contributed by atoms with E-state index in [1.165, 1.54) is 0 Å². The van der Waals surface area contributed by atoms with Crippen LogP contribution in [0.1, 0.15) is 41.0 Å². The highest BCUT2D eigenvalue weighted by molar-refractivity contribution is 7.71. The van der Waals surface area contributed by atoms with E-state index in [9.17, 15) is 9.59 Å². The lowest BCUT2D eigenvalue weighted by Gasteiger charge is -2.11. The monoisotopic (exact) mass is 318 g/mol. The Hall–Kier alpha value is -2.28. The largest absolute Gasteiger partial charge is 0.352 e. The van der Waals surface area contributed by atoms with E-state index in [4.69, 9.17) is 12.2 Å². The van der Waals surface area contributed by atoms with Crippen LogP contribution in [0.5, 0.6) is 0 Å². The number of nitrogens with zero attached hydrogens (tertiary/aromatic N) is 1. The summed E-state index contributed by atoms with van der Waals surface area (Å²) in [5.41, 5.74) is 2.41. The maximum absolute atomic E-state index is 12.2. The van der Waals surface area contributed by atoms with Crippen LogP contribution in [-0.2, 0) is 19.4 Å². The van der Waals surface area contributed by atoms with Crippen LogP contribution < -0.4 is 10.9 Å². The second-order valence-corrected chi connectivity index (χ2v) is 5.17. The first-order valence-electron chi connectivity index (χ1n) is 7.13. The van der Waals surface area contributed by atoms with Gasteiger partial charge in [0, 0.05) is 18.3 Å². The lowest BCUT2D eigenvalue weighted by Crippen LogP contribution is -2.29. The van der Waals surface area contributed by atoms with E-state index in [2.05, 4.69) is 20.5 Å². The molecule has 2 aromatic heterocycles. The number of nitrogens with one attached hydrogen (secondary N) is 3. The molecule has 0 aromatic carbocycles. The molecule has 0 saturated carbocycles. The zero-order valence-electron chi connectivity index (χ0n) is 12.5. The molecule has 116 valence electrons. The van der Waals surface area contributed by atoms with Crippen molar-refractivity contribution in [1.29, 1.82) is 0 Å². The summed E-state index contributed by atoms with van der Waals surface area (Å²) in [6, 6.07) is 3.35. The van der Waals surface area contributed by atoms with Gasteiger partial charge in [0.2, 0.25) is 0 Å². The third-order valence-electron chi connectivity index (χ3n) is 3.46. The highest BCUT2D eigenvalue weighted by Gasteiger charge is 2.14. The number of H-pyrrole nitrogens is 2. The normalized spacial score (nSPS) is 10.5. The van der Waals surface area contributed by atoms with Crippen LogP contribution in [0.15, 0.2) is 23.1 Å². The number of pyridine rings is 1. The van der Waals surface area contributed by atoms with Crippen LogP contribution in [0.25, 0.3) is 0 Å². The minimum Gasteiger partial charge on any atom is -0.352 e. The average molecular weight is 318 g/mol. The Morgan fingerprint density at radius 1 is 1.32 bits per heavy atom. The lowest BCUT2D eigenvalue weighted by molar-refractivity contribution is 0.0950. The molecule has 0 unspecified atom stereocenters. The van der Waals surface area contributed by atoms with E-state index >= 15 is 0 Å².